The molecule has 18 heavy (non-hydrogen) atoms. The number of carboxylic acids is 1. The predicted octanol–water partition coefficient (Wildman–Crippen LogP) is 1.07. The zero-order valence-electron chi connectivity index (χ0n) is 10.4. The number of carbonyl (C=O) groups excluding carboxylic acids is 1. The number of ether oxygens (including phenoxy) is 1. The minimum Gasteiger partial charge on any atom is -0.480 e. The Morgan fingerprint density at radius 1 is 1.22 bits per heavy atom. The molecule has 1 aliphatic carbocycles. The minimum atomic E-state index is -1.01. The number of aliphatic carboxylic acids is 1. The van der Waals surface area contributed by atoms with E-state index in [-0.39, 0.29) is 24.0 Å². The van der Waals surface area contributed by atoms with Gasteiger partial charge in [0.2, 0.25) is 5.91 Å². The third-order valence-corrected chi connectivity index (χ3v) is 4.67. The van der Waals surface area contributed by atoms with Crippen LogP contribution in [0.4, 0.5) is 0 Å². The van der Waals surface area contributed by atoms with E-state index in [1.807, 2.05) is 0 Å². The quantitative estimate of drug-likeness (QED) is 0.788. The molecule has 1 amide bonds. The predicted molar refractivity (Wildman–Crippen MR) is 63.0 cm³/mol. The Labute approximate surface area is 106 Å². The minimum absolute atomic E-state index is 0.0160. The number of carbonyl (C=O) groups is 2. The summed E-state index contributed by atoms with van der Waals surface area (Å²) in [5.41, 5.74) is -1.01. The van der Waals surface area contributed by atoms with Gasteiger partial charge in [0, 0.05) is 0 Å². The molecule has 0 aromatic rings. The van der Waals surface area contributed by atoms with Gasteiger partial charge in [0.25, 0.3) is 0 Å². The molecule has 3 aliphatic rings. The van der Waals surface area contributed by atoms with Gasteiger partial charge in [-0.05, 0) is 32.1 Å². The number of amides is 1. The van der Waals surface area contributed by atoms with Crippen molar-refractivity contribution in [1.29, 1.82) is 0 Å². The number of carboxylic acid groups (broad SMARTS) is 1. The molecule has 2 heterocycles. The number of hydrogen-bond acceptors (Lipinski definition) is 3. The second kappa shape index (κ2) is 4.23. The summed E-state index contributed by atoms with van der Waals surface area (Å²) in [5, 5.41) is 12.1. The fourth-order valence-electron chi connectivity index (χ4n) is 3.61. The van der Waals surface area contributed by atoms with Gasteiger partial charge < -0.3 is 15.2 Å². The Kier molecular flexibility index (Phi) is 2.81. The Balaban J connectivity index is 1.68. The van der Waals surface area contributed by atoms with E-state index in [1.54, 1.807) is 0 Å². The Morgan fingerprint density at radius 2 is 1.94 bits per heavy atom. The molecule has 0 aromatic heterocycles. The van der Waals surface area contributed by atoms with E-state index in [1.165, 1.54) is 0 Å². The largest absolute Gasteiger partial charge is 0.480 e. The number of hydrogen-bond donors (Lipinski definition) is 2. The first-order valence-corrected chi connectivity index (χ1v) is 6.82. The van der Waals surface area contributed by atoms with Crippen molar-refractivity contribution >= 4 is 11.9 Å². The Hall–Kier alpha value is -1.10. The number of fused-ring (bicyclic) bond motifs is 2. The molecule has 2 aliphatic heterocycles. The van der Waals surface area contributed by atoms with Gasteiger partial charge >= 0.3 is 5.97 Å². The van der Waals surface area contributed by atoms with Crippen molar-refractivity contribution in [2.45, 2.75) is 62.7 Å². The van der Waals surface area contributed by atoms with Crippen molar-refractivity contribution in [3.63, 3.8) is 0 Å². The zero-order chi connectivity index (χ0) is 12.8. The molecule has 3 unspecified atom stereocenters. The van der Waals surface area contributed by atoms with Gasteiger partial charge in [0.15, 0.2) is 0 Å². The highest BCUT2D eigenvalue weighted by molar-refractivity contribution is 5.88. The van der Waals surface area contributed by atoms with Crippen LogP contribution in [-0.4, -0.2) is 34.7 Å². The van der Waals surface area contributed by atoms with Crippen molar-refractivity contribution in [3.05, 3.63) is 0 Å². The lowest BCUT2D eigenvalue weighted by Crippen LogP contribution is -2.55. The monoisotopic (exact) mass is 253 g/mol. The van der Waals surface area contributed by atoms with E-state index >= 15 is 0 Å². The highest BCUT2D eigenvalue weighted by Crippen LogP contribution is 2.39. The highest BCUT2D eigenvalue weighted by atomic mass is 16.5. The summed E-state index contributed by atoms with van der Waals surface area (Å²) in [5.74, 6) is -1.15. The maximum Gasteiger partial charge on any atom is 0.329 e. The smallest absolute Gasteiger partial charge is 0.329 e. The molecule has 1 saturated carbocycles. The molecule has 2 N–H and O–H groups in total. The molecule has 3 atom stereocenters. The van der Waals surface area contributed by atoms with Crippen LogP contribution in [-0.2, 0) is 14.3 Å². The molecular formula is C13H19NO4. The van der Waals surface area contributed by atoms with Crippen LogP contribution < -0.4 is 5.32 Å². The van der Waals surface area contributed by atoms with Gasteiger partial charge in [-0.15, -0.1) is 0 Å². The van der Waals surface area contributed by atoms with Gasteiger partial charge in [-0.3, -0.25) is 4.79 Å². The summed E-state index contributed by atoms with van der Waals surface area (Å²) < 4.78 is 5.66. The SMILES string of the molecule is O=C(NC1(C(=O)O)CCCC1)C1CC2CCC1O2. The standard InChI is InChI=1S/C13H19NO4/c15-11(9-7-8-3-4-10(9)18-8)14-13(12(16)17)5-1-2-6-13/h8-10H,1-7H2,(H,14,15)(H,16,17). The molecule has 0 spiro atoms. The highest BCUT2D eigenvalue weighted by Gasteiger charge is 2.48. The summed E-state index contributed by atoms with van der Waals surface area (Å²) in [6, 6.07) is 0. The first kappa shape index (κ1) is 12.0. The molecular weight excluding hydrogens is 234 g/mol. The maximum atomic E-state index is 12.2. The van der Waals surface area contributed by atoms with Crippen molar-refractivity contribution in [3.8, 4) is 0 Å². The second-order valence-corrected chi connectivity index (χ2v) is 5.80. The van der Waals surface area contributed by atoms with Crippen molar-refractivity contribution < 1.29 is 19.4 Å². The van der Waals surface area contributed by atoms with Crippen LogP contribution in [0.25, 0.3) is 0 Å². The zero-order valence-corrected chi connectivity index (χ0v) is 10.4. The summed E-state index contributed by atoms with van der Waals surface area (Å²) in [6.07, 6.45) is 5.82. The lowest BCUT2D eigenvalue weighted by Gasteiger charge is -2.28. The van der Waals surface area contributed by atoms with E-state index < -0.39 is 11.5 Å². The molecule has 3 fully saturated rings. The van der Waals surface area contributed by atoms with Crippen molar-refractivity contribution in [2.75, 3.05) is 0 Å². The number of nitrogens with one attached hydrogen (secondary N) is 1. The van der Waals surface area contributed by atoms with Crippen molar-refractivity contribution in [2.24, 2.45) is 5.92 Å². The van der Waals surface area contributed by atoms with Gasteiger partial charge in [-0.2, -0.15) is 0 Å². The molecule has 3 rings (SSSR count). The van der Waals surface area contributed by atoms with Crippen LogP contribution in [0.3, 0.4) is 0 Å². The molecule has 2 saturated heterocycles. The van der Waals surface area contributed by atoms with Gasteiger partial charge in [0.05, 0.1) is 18.1 Å². The van der Waals surface area contributed by atoms with Crippen LogP contribution >= 0.6 is 0 Å². The fourth-order valence-corrected chi connectivity index (χ4v) is 3.61. The second-order valence-electron chi connectivity index (χ2n) is 5.80. The normalized spacial score (nSPS) is 36.8. The lowest BCUT2D eigenvalue weighted by molar-refractivity contribution is -0.148. The van der Waals surface area contributed by atoms with E-state index in [9.17, 15) is 14.7 Å². The fraction of sp³-hybridized carbons (Fsp3) is 0.846. The van der Waals surface area contributed by atoms with Crippen LogP contribution in [0.5, 0.6) is 0 Å². The first-order chi connectivity index (χ1) is 8.61. The van der Waals surface area contributed by atoms with Gasteiger partial charge in [-0.25, -0.2) is 4.79 Å². The third kappa shape index (κ3) is 1.81. The lowest BCUT2D eigenvalue weighted by atomic mass is 9.87. The summed E-state index contributed by atoms with van der Waals surface area (Å²) in [6.45, 7) is 0. The summed E-state index contributed by atoms with van der Waals surface area (Å²) in [7, 11) is 0. The van der Waals surface area contributed by atoms with E-state index in [4.69, 9.17) is 4.74 Å². The summed E-state index contributed by atoms with van der Waals surface area (Å²) >= 11 is 0. The van der Waals surface area contributed by atoms with Crippen LogP contribution in [0.1, 0.15) is 44.9 Å². The van der Waals surface area contributed by atoms with Gasteiger partial charge in [-0.1, -0.05) is 12.8 Å². The van der Waals surface area contributed by atoms with Crippen LogP contribution in [0.2, 0.25) is 0 Å². The molecule has 0 radical (unpaired) electrons. The van der Waals surface area contributed by atoms with Crippen LogP contribution in [0.15, 0.2) is 0 Å². The molecule has 5 heteroatoms. The maximum absolute atomic E-state index is 12.2. The Bertz CT molecular complexity index is 375. The molecule has 0 aromatic carbocycles. The van der Waals surface area contributed by atoms with Crippen LogP contribution in [0, 0.1) is 5.92 Å². The topological polar surface area (TPSA) is 75.6 Å². The van der Waals surface area contributed by atoms with E-state index in [2.05, 4.69) is 5.32 Å². The Morgan fingerprint density at radius 3 is 2.44 bits per heavy atom. The molecule has 2 bridgehead atoms. The van der Waals surface area contributed by atoms with Gasteiger partial charge in [0.1, 0.15) is 5.54 Å². The summed E-state index contributed by atoms with van der Waals surface area (Å²) in [4.78, 5) is 23.6. The average Bonchev–Trinajstić information content (AvgIpc) is 3.04. The number of rotatable bonds is 3. The third-order valence-electron chi connectivity index (χ3n) is 4.67. The first-order valence-electron chi connectivity index (χ1n) is 6.82. The molecule has 100 valence electrons. The molecule has 5 nitrogen and oxygen atoms in total. The van der Waals surface area contributed by atoms with Crippen molar-refractivity contribution in [1.82, 2.24) is 5.32 Å². The average molecular weight is 253 g/mol. The van der Waals surface area contributed by atoms with E-state index in [0.717, 1.165) is 32.1 Å². The van der Waals surface area contributed by atoms with E-state index in [0.29, 0.717) is 12.8 Å².